The molecule has 0 N–H and O–H groups in total. The molecule has 3 aliphatic carbocycles. The number of hydrogen-bond acceptors (Lipinski definition) is 2. The average Bonchev–Trinajstić information content (AvgIpc) is 3.72. The van der Waals surface area contributed by atoms with Crippen molar-refractivity contribution in [2.24, 2.45) is 0 Å². The van der Waals surface area contributed by atoms with E-state index in [0.29, 0.717) is 0 Å². The molecule has 50 heavy (non-hydrogen) atoms. The molecule has 7 aromatic rings. The normalized spacial score (nSPS) is 16.2. The Kier molecular flexibility index (Phi) is 6.25. The van der Waals surface area contributed by atoms with Gasteiger partial charge < -0.3 is 4.90 Å². The number of anilines is 3. The van der Waals surface area contributed by atoms with Crippen molar-refractivity contribution in [2.45, 2.75) is 51.4 Å². The summed E-state index contributed by atoms with van der Waals surface area (Å²) < 4.78 is 2.64. The molecule has 2 heteroatoms. The van der Waals surface area contributed by atoms with E-state index in [1.54, 1.807) is 0 Å². The third-order valence-corrected chi connectivity index (χ3v) is 12.7. The molecule has 6 aromatic carbocycles. The van der Waals surface area contributed by atoms with Gasteiger partial charge in [0.15, 0.2) is 0 Å². The first-order valence-corrected chi connectivity index (χ1v) is 18.6. The molecular formula is C48H37NS. The maximum atomic E-state index is 3.63. The van der Waals surface area contributed by atoms with Crippen LogP contribution >= 0.6 is 11.3 Å². The minimum Gasteiger partial charge on any atom is -0.302 e. The van der Waals surface area contributed by atoms with Crippen LogP contribution < -0.4 is 4.90 Å². The molecule has 0 saturated carbocycles. The van der Waals surface area contributed by atoms with Crippen LogP contribution in [0.3, 0.4) is 0 Å². The molecule has 0 saturated heterocycles. The van der Waals surface area contributed by atoms with Gasteiger partial charge in [-0.2, -0.15) is 0 Å². The molecule has 0 amide bonds. The van der Waals surface area contributed by atoms with Crippen LogP contribution in [0.15, 0.2) is 133 Å². The summed E-state index contributed by atoms with van der Waals surface area (Å²) in [5.41, 5.74) is 16.7. The highest BCUT2D eigenvalue weighted by molar-refractivity contribution is 7.25. The number of allylic oxidation sites excluding steroid dienone is 4. The summed E-state index contributed by atoms with van der Waals surface area (Å²) in [6.45, 7) is 9.55. The standard InChI is InChI=1S/C48H37NS/c1-47(2)39-21-9-6-18-37(39)45-40(47)22-13-23-41(45)49(42-24-12-19-36-33-16-5-8-20-38(33)48(3,4)46(36)42)32-15-11-14-30(28-32)31-26-27-35-34-17-7-10-25-43(34)50-44(35)29-31/h5,7-10,12-14,16-17,19-29H,6,18H2,1-4H3. The van der Waals surface area contributed by atoms with Gasteiger partial charge in [-0.3, -0.25) is 0 Å². The minimum atomic E-state index is -0.177. The lowest BCUT2D eigenvalue weighted by atomic mass is 9.80. The van der Waals surface area contributed by atoms with Crippen molar-refractivity contribution in [2.75, 3.05) is 4.90 Å². The Labute approximate surface area is 298 Å². The highest BCUT2D eigenvalue weighted by Crippen LogP contribution is 2.58. The van der Waals surface area contributed by atoms with E-state index < -0.39 is 0 Å². The van der Waals surface area contributed by atoms with E-state index in [9.17, 15) is 0 Å². The van der Waals surface area contributed by atoms with Gasteiger partial charge in [-0.15, -0.1) is 11.3 Å². The Morgan fingerprint density at radius 2 is 1.42 bits per heavy atom. The zero-order valence-corrected chi connectivity index (χ0v) is 29.7. The van der Waals surface area contributed by atoms with E-state index in [1.165, 1.54) is 81.6 Å². The van der Waals surface area contributed by atoms with Gasteiger partial charge in [-0.05, 0) is 105 Å². The topological polar surface area (TPSA) is 3.24 Å². The summed E-state index contributed by atoms with van der Waals surface area (Å²) >= 11 is 1.87. The van der Waals surface area contributed by atoms with E-state index in [4.69, 9.17) is 0 Å². The fourth-order valence-corrected chi connectivity index (χ4v) is 10.4. The van der Waals surface area contributed by atoms with Gasteiger partial charge in [0.25, 0.3) is 0 Å². The maximum absolute atomic E-state index is 3.63. The number of benzene rings is 5. The molecule has 0 spiro atoms. The van der Waals surface area contributed by atoms with E-state index >= 15 is 0 Å². The van der Waals surface area contributed by atoms with Crippen LogP contribution in [0.1, 0.15) is 62.8 Å². The van der Waals surface area contributed by atoms with Crippen LogP contribution in [-0.4, -0.2) is 0 Å². The Morgan fingerprint density at radius 3 is 2.34 bits per heavy atom. The molecule has 240 valence electrons. The Balaban J connectivity index is 1.22. The first kappa shape index (κ1) is 29.5. The summed E-state index contributed by atoms with van der Waals surface area (Å²) in [5, 5.41) is 2.64. The van der Waals surface area contributed by atoms with Crippen molar-refractivity contribution >= 4 is 54.1 Å². The third-order valence-electron chi connectivity index (χ3n) is 11.6. The number of fused-ring (bicyclic) bond motifs is 8. The lowest BCUT2D eigenvalue weighted by Crippen LogP contribution is -2.21. The minimum absolute atomic E-state index is 0.0608. The quantitative estimate of drug-likeness (QED) is 0.182. The van der Waals surface area contributed by atoms with Crippen LogP contribution in [-0.2, 0) is 10.8 Å². The number of nitrogens with zero attached hydrogens (tertiary/aromatic N) is 1. The van der Waals surface area contributed by atoms with Crippen molar-refractivity contribution in [3.63, 3.8) is 0 Å². The Morgan fingerprint density at radius 1 is 0.660 bits per heavy atom. The zero-order chi connectivity index (χ0) is 33.8. The summed E-state index contributed by atoms with van der Waals surface area (Å²) in [4.78, 5) is 2.51. The zero-order valence-electron chi connectivity index (χ0n) is 28.9. The summed E-state index contributed by atoms with van der Waals surface area (Å²) in [6.07, 6.45) is 6.87. The molecule has 0 aliphatic heterocycles. The van der Waals surface area contributed by atoms with Crippen molar-refractivity contribution in [1.29, 1.82) is 0 Å². The highest BCUT2D eigenvalue weighted by atomic mass is 32.1. The van der Waals surface area contributed by atoms with E-state index in [-0.39, 0.29) is 10.8 Å². The fourth-order valence-electron chi connectivity index (χ4n) is 9.22. The summed E-state index contributed by atoms with van der Waals surface area (Å²) in [7, 11) is 0. The molecule has 10 rings (SSSR count). The van der Waals surface area contributed by atoms with Crippen molar-refractivity contribution in [1.82, 2.24) is 0 Å². The van der Waals surface area contributed by atoms with Crippen LogP contribution in [0.2, 0.25) is 0 Å². The van der Waals surface area contributed by atoms with E-state index in [0.717, 1.165) is 24.1 Å². The number of thiophene rings is 1. The number of rotatable bonds is 4. The van der Waals surface area contributed by atoms with Gasteiger partial charge in [0, 0.05) is 36.6 Å². The highest BCUT2D eigenvalue weighted by Gasteiger charge is 2.42. The second kappa shape index (κ2) is 10.6. The molecule has 3 aliphatic rings. The van der Waals surface area contributed by atoms with Crippen LogP contribution in [0, 0.1) is 12.1 Å². The van der Waals surface area contributed by atoms with Crippen LogP contribution in [0.25, 0.3) is 48.0 Å². The molecule has 0 unspecified atom stereocenters. The lowest BCUT2D eigenvalue weighted by Gasteiger charge is -2.33. The Hall–Kier alpha value is -5.36. The largest absolute Gasteiger partial charge is 0.302 e. The second-order valence-electron chi connectivity index (χ2n) is 15.1. The first-order chi connectivity index (χ1) is 24.3. The molecule has 0 fully saturated rings. The van der Waals surface area contributed by atoms with E-state index in [2.05, 4.69) is 172 Å². The summed E-state index contributed by atoms with van der Waals surface area (Å²) in [6, 6.07) is 49.9. The van der Waals surface area contributed by atoms with Crippen LogP contribution in [0.4, 0.5) is 17.1 Å². The van der Waals surface area contributed by atoms with Crippen molar-refractivity contribution in [3.8, 4) is 22.3 Å². The molecule has 1 heterocycles. The molecule has 1 aromatic heterocycles. The predicted molar refractivity (Wildman–Crippen MR) is 213 cm³/mol. The maximum Gasteiger partial charge on any atom is 0.0980 e. The van der Waals surface area contributed by atoms with Gasteiger partial charge in [0.05, 0.1) is 17.1 Å². The molecule has 0 bridgehead atoms. The smallest absolute Gasteiger partial charge is 0.0980 e. The van der Waals surface area contributed by atoms with Crippen LogP contribution in [0.5, 0.6) is 0 Å². The molecule has 1 nitrogen and oxygen atoms in total. The van der Waals surface area contributed by atoms with Crippen molar-refractivity contribution in [3.05, 3.63) is 167 Å². The fraction of sp³-hybridized carbons (Fsp3) is 0.167. The van der Waals surface area contributed by atoms with Gasteiger partial charge in [0.1, 0.15) is 0 Å². The van der Waals surface area contributed by atoms with Gasteiger partial charge >= 0.3 is 0 Å². The number of hydrogen-bond donors (Lipinski definition) is 0. The average molecular weight is 660 g/mol. The first-order valence-electron chi connectivity index (χ1n) is 17.7. The molecule has 0 atom stereocenters. The lowest BCUT2D eigenvalue weighted by molar-refractivity contribution is 0.651. The molecule has 0 radical (unpaired) electrons. The monoisotopic (exact) mass is 659 g/mol. The van der Waals surface area contributed by atoms with Crippen molar-refractivity contribution < 1.29 is 0 Å². The summed E-state index contributed by atoms with van der Waals surface area (Å²) in [5.74, 6) is 0. The van der Waals surface area contributed by atoms with Gasteiger partial charge in [-0.1, -0.05) is 125 Å². The van der Waals surface area contributed by atoms with Gasteiger partial charge in [-0.25, -0.2) is 0 Å². The third kappa shape index (κ3) is 4.08. The van der Waals surface area contributed by atoms with Gasteiger partial charge in [0.2, 0.25) is 0 Å². The SMILES string of the molecule is CC1(C)C2=C(CCC=C2)c2c(N(c3c#ccc(-c4ccc5c(c4)sc4ccccc45)c3)c3cccc4c3C(C)(C)c3ccccc3-4)cccc21. The second-order valence-corrected chi connectivity index (χ2v) is 16.2. The Bertz CT molecular complexity index is 2610. The predicted octanol–water partition coefficient (Wildman–Crippen LogP) is 13.5. The molecular weight excluding hydrogens is 623 g/mol. The van der Waals surface area contributed by atoms with E-state index in [1.807, 2.05) is 11.3 Å².